The minimum Gasteiger partial charge on any atom is -0.314 e. The zero-order valence-corrected chi connectivity index (χ0v) is 12.0. The summed E-state index contributed by atoms with van der Waals surface area (Å²) >= 11 is 0. The molecule has 0 spiro atoms. The Hall–Kier alpha value is -0.890. The van der Waals surface area contributed by atoms with Gasteiger partial charge in [-0.15, -0.1) is 0 Å². The molecule has 0 aliphatic rings. The standard InChI is InChI=1S/C16H28N2/c1-3-4-5-6-7-10-15(2)17-14-12-16-11-8-9-13-18-16/h8-9,11,13,15,17H,3-7,10,12,14H2,1-2H3. The number of unbranched alkanes of at least 4 members (excludes halogenated alkanes) is 4. The molecule has 2 heteroatoms. The number of aromatic nitrogens is 1. The van der Waals surface area contributed by atoms with Crippen molar-refractivity contribution in [1.29, 1.82) is 0 Å². The summed E-state index contributed by atoms with van der Waals surface area (Å²) in [6.45, 7) is 5.59. The molecule has 1 aromatic rings. The molecular weight excluding hydrogens is 220 g/mol. The average Bonchev–Trinajstić information content (AvgIpc) is 2.40. The van der Waals surface area contributed by atoms with E-state index >= 15 is 0 Å². The number of pyridine rings is 1. The topological polar surface area (TPSA) is 24.9 Å². The third-order valence-electron chi connectivity index (χ3n) is 3.34. The molecule has 18 heavy (non-hydrogen) atoms. The number of nitrogens with zero attached hydrogens (tertiary/aromatic N) is 1. The molecule has 0 aliphatic carbocycles. The molecule has 1 heterocycles. The molecule has 0 saturated heterocycles. The van der Waals surface area contributed by atoms with E-state index in [4.69, 9.17) is 0 Å². The highest BCUT2D eigenvalue weighted by molar-refractivity contribution is 5.03. The van der Waals surface area contributed by atoms with Gasteiger partial charge in [-0.1, -0.05) is 45.1 Å². The highest BCUT2D eigenvalue weighted by Crippen LogP contribution is 2.07. The predicted molar refractivity (Wildman–Crippen MR) is 78.8 cm³/mol. The zero-order valence-electron chi connectivity index (χ0n) is 12.0. The van der Waals surface area contributed by atoms with E-state index in [1.807, 2.05) is 12.3 Å². The van der Waals surface area contributed by atoms with E-state index in [1.165, 1.54) is 44.2 Å². The van der Waals surface area contributed by atoms with Crippen molar-refractivity contribution < 1.29 is 0 Å². The molecule has 1 rings (SSSR count). The lowest BCUT2D eigenvalue weighted by Gasteiger charge is -2.13. The van der Waals surface area contributed by atoms with E-state index in [1.54, 1.807) is 0 Å². The van der Waals surface area contributed by atoms with Gasteiger partial charge >= 0.3 is 0 Å². The van der Waals surface area contributed by atoms with Crippen LogP contribution in [0.1, 0.15) is 58.1 Å². The summed E-state index contributed by atoms with van der Waals surface area (Å²) in [6, 6.07) is 6.75. The highest BCUT2D eigenvalue weighted by Gasteiger charge is 2.01. The normalized spacial score (nSPS) is 12.6. The van der Waals surface area contributed by atoms with Gasteiger partial charge in [0.05, 0.1) is 0 Å². The molecule has 0 radical (unpaired) electrons. The molecule has 0 aliphatic heterocycles. The molecule has 2 nitrogen and oxygen atoms in total. The number of rotatable bonds is 10. The van der Waals surface area contributed by atoms with E-state index in [0.717, 1.165) is 13.0 Å². The first kappa shape index (κ1) is 15.2. The smallest absolute Gasteiger partial charge is 0.0416 e. The Bertz CT molecular complexity index is 284. The van der Waals surface area contributed by atoms with Crippen LogP contribution in [0.3, 0.4) is 0 Å². The van der Waals surface area contributed by atoms with E-state index in [9.17, 15) is 0 Å². The fourth-order valence-corrected chi connectivity index (χ4v) is 2.15. The second-order valence-corrected chi connectivity index (χ2v) is 5.13. The Balaban J connectivity index is 1.98. The fraction of sp³-hybridized carbons (Fsp3) is 0.688. The van der Waals surface area contributed by atoms with Crippen molar-refractivity contribution in [3.05, 3.63) is 30.1 Å². The van der Waals surface area contributed by atoms with Crippen LogP contribution >= 0.6 is 0 Å². The lowest BCUT2D eigenvalue weighted by atomic mass is 10.1. The first-order chi connectivity index (χ1) is 8.83. The zero-order chi connectivity index (χ0) is 13.1. The van der Waals surface area contributed by atoms with Crippen molar-refractivity contribution >= 4 is 0 Å². The first-order valence-electron chi connectivity index (χ1n) is 7.46. The molecule has 1 aromatic heterocycles. The van der Waals surface area contributed by atoms with Crippen LogP contribution in [0.15, 0.2) is 24.4 Å². The highest BCUT2D eigenvalue weighted by atomic mass is 14.9. The predicted octanol–water partition coefficient (Wildman–Crippen LogP) is 3.96. The third-order valence-corrected chi connectivity index (χ3v) is 3.34. The van der Waals surface area contributed by atoms with Gasteiger partial charge in [-0.25, -0.2) is 0 Å². The average molecular weight is 248 g/mol. The summed E-state index contributed by atoms with van der Waals surface area (Å²) in [6.07, 6.45) is 11.1. The van der Waals surface area contributed by atoms with Gasteiger partial charge in [0.25, 0.3) is 0 Å². The third kappa shape index (κ3) is 7.44. The van der Waals surface area contributed by atoms with Gasteiger partial charge in [0, 0.05) is 30.9 Å². The van der Waals surface area contributed by atoms with Crippen LogP contribution < -0.4 is 5.32 Å². The quantitative estimate of drug-likeness (QED) is 0.634. The molecule has 0 bridgehead atoms. The van der Waals surface area contributed by atoms with Crippen LogP contribution in [0.2, 0.25) is 0 Å². The van der Waals surface area contributed by atoms with Gasteiger partial charge in [0.15, 0.2) is 0 Å². The van der Waals surface area contributed by atoms with Gasteiger partial charge in [-0.3, -0.25) is 4.98 Å². The lowest BCUT2D eigenvalue weighted by Crippen LogP contribution is -2.28. The van der Waals surface area contributed by atoms with Crippen LogP contribution in [0, 0.1) is 0 Å². The van der Waals surface area contributed by atoms with E-state index in [-0.39, 0.29) is 0 Å². The summed E-state index contributed by atoms with van der Waals surface area (Å²) in [7, 11) is 0. The van der Waals surface area contributed by atoms with Gasteiger partial charge < -0.3 is 5.32 Å². The minimum atomic E-state index is 0.635. The molecular formula is C16H28N2. The summed E-state index contributed by atoms with van der Waals surface area (Å²) in [5.41, 5.74) is 1.18. The number of hydrogen-bond donors (Lipinski definition) is 1. The second-order valence-electron chi connectivity index (χ2n) is 5.13. The molecule has 1 atom stereocenters. The van der Waals surface area contributed by atoms with Crippen molar-refractivity contribution in [3.8, 4) is 0 Å². The maximum absolute atomic E-state index is 4.33. The fourth-order valence-electron chi connectivity index (χ4n) is 2.15. The largest absolute Gasteiger partial charge is 0.314 e. The molecule has 0 saturated carbocycles. The Morgan fingerprint density at radius 2 is 2.00 bits per heavy atom. The lowest BCUT2D eigenvalue weighted by molar-refractivity contribution is 0.482. The van der Waals surface area contributed by atoms with Crippen LogP contribution in [0.25, 0.3) is 0 Å². The number of nitrogens with one attached hydrogen (secondary N) is 1. The van der Waals surface area contributed by atoms with Gasteiger partial charge in [0.2, 0.25) is 0 Å². The van der Waals surface area contributed by atoms with Gasteiger partial charge in [0.1, 0.15) is 0 Å². The van der Waals surface area contributed by atoms with Crippen molar-refractivity contribution in [2.45, 2.75) is 64.8 Å². The summed E-state index contributed by atoms with van der Waals surface area (Å²) < 4.78 is 0. The monoisotopic (exact) mass is 248 g/mol. The van der Waals surface area contributed by atoms with Crippen LogP contribution in [-0.2, 0) is 6.42 Å². The summed E-state index contributed by atoms with van der Waals surface area (Å²) in [5.74, 6) is 0. The Morgan fingerprint density at radius 1 is 1.17 bits per heavy atom. The van der Waals surface area contributed by atoms with Gasteiger partial charge in [-0.2, -0.15) is 0 Å². The van der Waals surface area contributed by atoms with E-state index in [0.29, 0.717) is 6.04 Å². The maximum atomic E-state index is 4.33. The molecule has 0 aromatic carbocycles. The maximum Gasteiger partial charge on any atom is 0.0416 e. The van der Waals surface area contributed by atoms with Crippen molar-refractivity contribution in [1.82, 2.24) is 10.3 Å². The molecule has 0 fully saturated rings. The van der Waals surface area contributed by atoms with Gasteiger partial charge in [-0.05, 0) is 25.5 Å². The van der Waals surface area contributed by atoms with Crippen molar-refractivity contribution in [3.63, 3.8) is 0 Å². The van der Waals surface area contributed by atoms with Crippen LogP contribution in [0.5, 0.6) is 0 Å². The van der Waals surface area contributed by atoms with Crippen molar-refractivity contribution in [2.75, 3.05) is 6.54 Å². The molecule has 1 N–H and O–H groups in total. The Morgan fingerprint density at radius 3 is 2.72 bits per heavy atom. The summed E-state index contributed by atoms with van der Waals surface area (Å²) in [4.78, 5) is 4.33. The Kier molecular flexibility index (Phi) is 8.49. The van der Waals surface area contributed by atoms with E-state index in [2.05, 4.69) is 36.3 Å². The van der Waals surface area contributed by atoms with E-state index < -0.39 is 0 Å². The molecule has 0 amide bonds. The first-order valence-corrected chi connectivity index (χ1v) is 7.46. The van der Waals surface area contributed by atoms with Crippen LogP contribution in [0.4, 0.5) is 0 Å². The SMILES string of the molecule is CCCCCCCC(C)NCCc1ccccn1. The second kappa shape index (κ2) is 10.1. The molecule has 1 unspecified atom stereocenters. The van der Waals surface area contributed by atoms with Crippen molar-refractivity contribution in [2.24, 2.45) is 0 Å². The Labute approximate surface area is 112 Å². The molecule has 102 valence electrons. The minimum absolute atomic E-state index is 0.635. The van der Waals surface area contributed by atoms with Crippen LogP contribution in [-0.4, -0.2) is 17.6 Å². The number of hydrogen-bond acceptors (Lipinski definition) is 2. The summed E-state index contributed by atoms with van der Waals surface area (Å²) in [5, 5.41) is 3.58.